The Morgan fingerprint density at radius 2 is 2.27 bits per heavy atom. The van der Waals surface area contributed by atoms with Gasteiger partial charge in [-0.3, -0.25) is 10.1 Å². The number of nitrogens with zero attached hydrogens (tertiary/aromatic N) is 1. The average molecular weight is 271 g/mol. The number of nitro groups is 1. The number of non-ortho nitro benzene ring substituents is 1. The van der Waals surface area contributed by atoms with Crippen LogP contribution >= 0.6 is 15.9 Å². The van der Waals surface area contributed by atoms with Crippen LogP contribution in [0.15, 0.2) is 18.2 Å². The minimum absolute atomic E-state index is 0.0657. The number of alkyl halides is 1. The summed E-state index contributed by atoms with van der Waals surface area (Å²) in [5.41, 5.74) is 7.85. The SMILES string of the molecule is Cc1cc([N+](=O)[O-])cc(C=CCBr)c1N. The zero-order chi connectivity index (χ0) is 11.4. The van der Waals surface area contributed by atoms with Crippen LogP contribution in [-0.2, 0) is 0 Å². The molecule has 1 rings (SSSR count). The third-order valence-electron chi connectivity index (χ3n) is 2.00. The molecule has 5 heteroatoms. The maximum atomic E-state index is 10.6. The molecule has 0 radical (unpaired) electrons. The number of hydrogen-bond donors (Lipinski definition) is 1. The van der Waals surface area contributed by atoms with E-state index in [4.69, 9.17) is 5.73 Å². The van der Waals surface area contributed by atoms with Crippen molar-refractivity contribution in [2.24, 2.45) is 0 Å². The Kier molecular flexibility index (Phi) is 3.85. The molecule has 0 heterocycles. The van der Waals surface area contributed by atoms with E-state index in [0.29, 0.717) is 16.6 Å². The Morgan fingerprint density at radius 3 is 2.80 bits per heavy atom. The van der Waals surface area contributed by atoms with Crippen LogP contribution in [0.3, 0.4) is 0 Å². The fourth-order valence-electron chi connectivity index (χ4n) is 1.22. The first-order valence-electron chi connectivity index (χ1n) is 4.33. The summed E-state index contributed by atoms with van der Waals surface area (Å²) >= 11 is 3.24. The summed E-state index contributed by atoms with van der Waals surface area (Å²) in [6.45, 7) is 1.76. The Balaban J connectivity index is 3.24. The lowest BCUT2D eigenvalue weighted by Gasteiger charge is -2.04. The van der Waals surface area contributed by atoms with E-state index >= 15 is 0 Å². The van der Waals surface area contributed by atoms with E-state index < -0.39 is 4.92 Å². The molecule has 0 bridgehead atoms. The van der Waals surface area contributed by atoms with Gasteiger partial charge in [-0.05, 0) is 12.5 Å². The Morgan fingerprint density at radius 1 is 1.60 bits per heavy atom. The Labute approximate surface area is 96.1 Å². The normalized spacial score (nSPS) is 10.8. The second-order valence-electron chi connectivity index (χ2n) is 3.08. The average Bonchev–Trinajstić information content (AvgIpc) is 2.19. The summed E-state index contributed by atoms with van der Waals surface area (Å²) in [7, 11) is 0. The van der Waals surface area contributed by atoms with E-state index in [1.807, 2.05) is 6.08 Å². The van der Waals surface area contributed by atoms with E-state index in [1.54, 1.807) is 13.0 Å². The monoisotopic (exact) mass is 270 g/mol. The molecule has 0 aliphatic carbocycles. The fourth-order valence-corrected chi connectivity index (χ4v) is 1.41. The van der Waals surface area contributed by atoms with Crippen molar-refractivity contribution in [2.75, 3.05) is 11.1 Å². The van der Waals surface area contributed by atoms with E-state index in [-0.39, 0.29) is 5.69 Å². The fraction of sp³-hybridized carbons (Fsp3) is 0.200. The van der Waals surface area contributed by atoms with Gasteiger partial charge in [0.15, 0.2) is 0 Å². The predicted molar refractivity (Wildman–Crippen MR) is 65.1 cm³/mol. The second-order valence-corrected chi connectivity index (χ2v) is 3.73. The maximum Gasteiger partial charge on any atom is 0.270 e. The van der Waals surface area contributed by atoms with Crippen molar-refractivity contribution in [1.29, 1.82) is 0 Å². The molecule has 0 aromatic heterocycles. The smallest absolute Gasteiger partial charge is 0.270 e. The summed E-state index contributed by atoms with van der Waals surface area (Å²) in [5.74, 6) is 0. The summed E-state index contributed by atoms with van der Waals surface area (Å²) in [6, 6.07) is 2.95. The predicted octanol–water partition coefficient (Wildman–Crippen LogP) is 2.89. The molecule has 80 valence electrons. The van der Waals surface area contributed by atoms with Crippen LogP contribution in [0, 0.1) is 17.0 Å². The van der Waals surface area contributed by atoms with Crippen molar-refractivity contribution in [3.8, 4) is 0 Å². The third-order valence-corrected chi connectivity index (χ3v) is 2.37. The van der Waals surface area contributed by atoms with Crippen molar-refractivity contribution in [1.82, 2.24) is 0 Å². The Hall–Kier alpha value is -1.36. The molecule has 0 fully saturated rings. The van der Waals surface area contributed by atoms with E-state index in [2.05, 4.69) is 15.9 Å². The quantitative estimate of drug-likeness (QED) is 0.397. The molecule has 0 saturated heterocycles. The molecule has 1 aromatic carbocycles. The Bertz CT molecular complexity index is 416. The number of anilines is 1. The number of aryl methyl sites for hydroxylation is 1. The van der Waals surface area contributed by atoms with Gasteiger partial charge in [-0.15, -0.1) is 0 Å². The highest BCUT2D eigenvalue weighted by Crippen LogP contribution is 2.25. The van der Waals surface area contributed by atoms with Gasteiger partial charge in [0, 0.05) is 28.7 Å². The molecule has 0 spiro atoms. The standard InChI is InChI=1S/C10H11BrN2O2/c1-7-5-9(13(14)15)6-8(10(7)12)3-2-4-11/h2-3,5-6H,4,12H2,1H3. The van der Waals surface area contributed by atoms with E-state index in [1.165, 1.54) is 12.1 Å². The van der Waals surface area contributed by atoms with Gasteiger partial charge in [0.05, 0.1) is 4.92 Å². The first-order chi connectivity index (χ1) is 7.06. The van der Waals surface area contributed by atoms with Gasteiger partial charge < -0.3 is 5.73 Å². The molecule has 15 heavy (non-hydrogen) atoms. The highest BCUT2D eigenvalue weighted by molar-refractivity contribution is 9.09. The third kappa shape index (κ3) is 2.79. The molecule has 2 N–H and O–H groups in total. The van der Waals surface area contributed by atoms with Crippen molar-refractivity contribution >= 4 is 33.4 Å². The van der Waals surface area contributed by atoms with Gasteiger partial charge >= 0.3 is 0 Å². The minimum Gasteiger partial charge on any atom is -0.398 e. The van der Waals surface area contributed by atoms with Crippen LogP contribution < -0.4 is 5.73 Å². The van der Waals surface area contributed by atoms with E-state index in [9.17, 15) is 10.1 Å². The summed E-state index contributed by atoms with van der Waals surface area (Å²) in [6.07, 6.45) is 3.61. The van der Waals surface area contributed by atoms with Crippen LogP contribution in [0.4, 0.5) is 11.4 Å². The lowest BCUT2D eigenvalue weighted by Crippen LogP contribution is -1.96. The molecule has 0 amide bonds. The molecule has 0 aliphatic heterocycles. The number of allylic oxidation sites excluding steroid dienone is 1. The number of rotatable bonds is 3. The highest BCUT2D eigenvalue weighted by Gasteiger charge is 2.10. The lowest BCUT2D eigenvalue weighted by molar-refractivity contribution is -0.384. The van der Waals surface area contributed by atoms with Gasteiger partial charge in [-0.25, -0.2) is 0 Å². The van der Waals surface area contributed by atoms with Gasteiger partial charge in [0.25, 0.3) is 5.69 Å². The van der Waals surface area contributed by atoms with Gasteiger partial charge in [-0.2, -0.15) is 0 Å². The summed E-state index contributed by atoms with van der Waals surface area (Å²) in [4.78, 5) is 10.2. The van der Waals surface area contributed by atoms with Crippen LogP contribution in [0.5, 0.6) is 0 Å². The lowest BCUT2D eigenvalue weighted by atomic mass is 10.1. The van der Waals surface area contributed by atoms with Crippen molar-refractivity contribution in [3.63, 3.8) is 0 Å². The molecule has 4 nitrogen and oxygen atoms in total. The zero-order valence-corrected chi connectivity index (χ0v) is 9.82. The first-order valence-corrected chi connectivity index (χ1v) is 5.45. The van der Waals surface area contributed by atoms with Crippen LogP contribution in [0.2, 0.25) is 0 Å². The number of nitrogens with two attached hydrogens (primary N) is 1. The molecule has 0 aliphatic rings. The van der Waals surface area contributed by atoms with Crippen LogP contribution in [0.1, 0.15) is 11.1 Å². The number of halogens is 1. The van der Waals surface area contributed by atoms with Crippen LogP contribution in [-0.4, -0.2) is 10.3 Å². The molecule has 1 aromatic rings. The zero-order valence-electron chi connectivity index (χ0n) is 8.24. The second kappa shape index (κ2) is 4.93. The molecular weight excluding hydrogens is 260 g/mol. The number of nitro benzene ring substituents is 1. The van der Waals surface area contributed by atoms with E-state index in [0.717, 1.165) is 5.56 Å². The van der Waals surface area contributed by atoms with Gasteiger partial charge in [-0.1, -0.05) is 28.1 Å². The van der Waals surface area contributed by atoms with Crippen molar-refractivity contribution in [2.45, 2.75) is 6.92 Å². The molecular formula is C10H11BrN2O2. The summed E-state index contributed by atoms with van der Waals surface area (Å²) < 4.78 is 0. The van der Waals surface area contributed by atoms with Crippen molar-refractivity contribution < 1.29 is 4.92 Å². The number of hydrogen-bond acceptors (Lipinski definition) is 3. The highest BCUT2D eigenvalue weighted by atomic mass is 79.9. The number of nitrogen functional groups attached to an aromatic ring is 1. The van der Waals surface area contributed by atoms with Crippen molar-refractivity contribution in [3.05, 3.63) is 39.4 Å². The van der Waals surface area contributed by atoms with Gasteiger partial charge in [0.2, 0.25) is 0 Å². The minimum atomic E-state index is -0.419. The largest absolute Gasteiger partial charge is 0.398 e. The number of benzene rings is 1. The van der Waals surface area contributed by atoms with Crippen LogP contribution in [0.25, 0.3) is 6.08 Å². The molecule has 0 unspecified atom stereocenters. The topological polar surface area (TPSA) is 69.2 Å². The first kappa shape index (κ1) is 11.7. The maximum absolute atomic E-state index is 10.6. The molecule has 0 atom stereocenters. The summed E-state index contributed by atoms with van der Waals surface area (Å²) in [5, 5.41) is 11.3. The van der Waals surface area contributed by atoms with Gasteiger partial charge in [0.1, 0.15) is 0 Å². The molecule has 0 saturated carbocycles.